The summed E-state index contributed by atoms with van der Waals surface area (Å²) in [6.45, 7) is 4.62. The average molecular weight is 240 g/mol. The Balaban J connectivity index is 1.88. The lowest BCUT2D eigenvalue weighted by Gasteiger charge is -2.07. The van der Waals surface area contributed by atoms with Gasteiger partial charge in [0.2, 0.25) is 6.79 Å². The van der Waals surface area contributed by atoms with Gasteiger partial charge in [-0.1, -0.05) is 29.8 Å². The summed E-state index contributed by atoms with van der Waals surface area (Å²) in [5.41, 5.74) is 5.26. The Morgan fingerprint density at radius 1 is 0.944 bits per heavy atom. The van der Waals surface area contributed by atoms with Gasteiger partial charge in [0.05, 0.1) is 0 Å². The zero-order valence-corrected chi connectivity index (χ0v) is 10.7. The predicted molar refractivity (Wildman–Crippen MR) is 71.3 cm³/mol. The predicted octanol–water partition coefficient (Wildman–Crippen LogP) is 3.62. The van der Waals surface area contributed by atoms with E-state index in [9.17, 15) is 0 Å². The average Bonchev–Trinajstić information content (AvgIpc) is 2.80. The molecule has 0 aromatic heterocycles. The molecule has 18 heavy (non-hydrogen) atoms. The van der Waals surface area contributed by atoms with E-state index >= 15 is 0 Å². The van der Waals surface area contributed by atoms with Gasteiger partial charge in [0.15, 0.2) is 11.5 Å². The van der Waals surface area contributed by atoms with Gasteiger partial charge in [-0.25, -0.2) is 0 Å². The molecule has 0 fully saturated rings. The van der Waals surface area contributed by atoms with Crippen molar-refractivity contribution in [2.75, 3.05) is 6.79 Å². The highest BCUT2D eigenvalue weighted by molar-refractivity contribution is 5.46. The van der Waals surface area contributed by atoms with E-state index in [0.717, 1.165) is 17.9 Å². The highest BCUT2D eigenvalue weighted by Crippen LogP contribution is 2.33. The van der Waals surface area contributed by atoms with Crippen LogP contribution in [0.15, 0.2) is 36.4 Å². The molecule has 0 spiro atoms. The molecule has 92 valence electrons. The molecule has 2 aromatic rings. The molecule has 0 aliphatic carbocycles. The lowest BCUT2D eigenvalue weighted by atomic mass is 9.99. The maximum atomic E-state index is 5.40. The molecule has 2 aromatic carbocycles. The first-order valence-electron chi connectivity index (χ1n) is 6.17. The lowest BCUT2D eigenvalue weighted by molar-refractivity contribution is 0.174. The van der Waals surface area contributed by atoms with E-state index in [0.29, 0.717) is 6.79 Å². The molecule has 0 amide bonds. The van der Waals surface area contributed by atoms with Gasteiger partial charge in [-0.3, -0.25) is 0 Å². The van der Waals surface area contributed by atoms with Crippen molar-refractivity contribution in [3.05, 3.63) is 58.7 Å². The van der Waals surface area contributed by atoms with Crippen molar-refractivity contribution in [2.24, 2.45) is 0 Å². The molecule has 0 saturated heterocycles. The summed E-state index contributed by atoms with van der Waals surface area (Å²) in [6.07, 6.45) is 0.933. The molecule has 1 heterocycles. The molecule has 0 N–H and O–H groups in total. The van der Waals surface area contributed by atoms with Gasteiger partial charge in [-0.15, -0.1) is 0 Å². The van der Waals surface area contributed by atoms with E-state index in [1.165, 1.54) is 22.3 Å². The Hall–Kier alpha value is -1.96. The number of benzene rings is 2. The summed E-state index contributed by atoms with van der Waals surface area (Å²) in [7, 11) is 0. The number of hydrogen-bond donors (Lipinski definition) is 0. The van der Waals surface area contributed by atoms with Crippen LogP contribution in [0.2, 0.25) is 0 Å². The van der Waals surface area contributed by atoms with E-state index in [1.807, 2.05) is 6.07 Å². The second-order valence-corrected chi connectivity index (χ2v) is 4.79. The Morgan fingerprint density at radius 3 is 2.61 bits per heavy atom. The molecule has 0 unspecified atom stereocenters. The van der Waals surface area contributed by atoms with E-state index in [4.69, 9.17) is 9.47 Å². The van der Waals surface area contributed by atoms with E-state index in [1.54, 1.807) is 0 Å². The molecule has 0 radical (unpaired) electrons. The van der Waals surface area contributed by atoms with Crippen molar-refractivity contribution in [3.8, 4) is 11.5 Å². The maximum absolute atomic E-state index is 5.40. The Morgan fingerprint density at radius 2 is 1.78 bits per heavy atom. The van der Waals surface area contributed by atoms with Gasteiger partial charge in [0, 0.05) is 0 Å². The van der Waals surface area contributed by atoms with Gasteiger partial charge in [0.1, 0.15) is 0 Å². The summed E-state index contributed by atoms with van der Waals surface area (Å²) < 4.78 is 10.7. The summed E-state index contributed by atoms with van der Waals surface area (Å²) in [6, 6.07) is 12.8. The van der Waals surface area contributed by atoms with Crippen molar-refractivity contribution in [1.29, 1.82) is 0 Å². The second-order valence-electron chi connectivity index (χ2n) is 4.79. The SMILES string of the molecule is Cc1ccc(Cc2ccc3c(c2)OCO3)c(C)c1. The summed E-state index contributed by atoms with van der Waals surface area (Å²) in [4.78, 5) is 0. The molecule has 0 saturated carbocycles. The van der Waals surface area contributed by atoms with Crippen LogP contribution in [0.5, 0.6) is 11.5 Å². The van der Waals surface area contributed by atoms with E-state index < -0.39 is 0 Å². The Labute approximate surface area is 107 Å². The van der Waals surface area contributed by atoms with Crippen molar-refractivity contribution >= 4 is 0 Å². The minimum atomic E-state index is 0.336. The van der Waals surface area contributed by atoms with E-state index in [-0.39, 0.29) is 0 Å². The van der Waals surface area contributed by atoms with Crippen LogP contribution in [0.3, 0.4) is 0 Å². The first-order valence-corrected chi connectivity index (χ1v) is 6.17. The summed E-state index contributed by atoms with van der Waals surface area (Å²) >= 11 is 0. The topological polar surface area (TPSA) is 18.5 Å². The monoisotopic (exact) mass is 240 g/mol. The fourth-order valence-electron chi connectivity index (χ4n) is 2.31. The van der Waals surface area contributed by atoms with Gasteiger partial charge in [-0.2, -0.15) is 0 Å². The Kier molecular flexibility index (Phi) is 2.71. The van der Waals surface area contributed by atoms with Crippen LogP contribution in [0, 0.1) is 13.8 Å². The minimum absolute atomic E-state index is 0.336. The number of hydrogen-bond acceptors (Lipinski definition) is 2. The normalized spacial score (nSPS) is 12.8. The van der Waals surface area contributed by atoms with Crippen molar-refractivity contribution in [1.82, 2.24) is 0 Å². The molecule has 3 rings (SSSR count). The number of rotatable bonds is 2. The van der Waals surface area contributed by atoms with Crippen LogP contribution < -0.4 is 9.47 Å². The Bertz CT molecular complexity index is 588. The first kappa shape index (κ1) is 11.1. The van der Waals surface area contributed by atoms with Crippen LogP contribution in [0.4, 0.5) is 0 Å². The van der Waals surface area contributed by atoms with Crippen LogP contribution in [-0.2, 0) is 6.42 Å². The zero-order valence-electron chi connectivity index (χ0n) is 10.7. The third-order valence-corrected chi connectivity index (χ3v) is 3.33. The van der Waals surface area contributed by atoms with Crippen LogP contribution >= 0.6 is 0 Å². The van der Waals surface area contributed by atoms with E-state index in [2.05, 4.69) is 44.2 Å². The molecule has 1 aliphatic rings. The molecule has 0 atom stereocenters. The van der Waals surface area contributed by atoms with Gasteiger partial charge < -0.3 is 9.47 Å². The molecule has 2 heteroatoms. The summed E-state index contributed by atoms with van der Waals surface area (Å²) in [5, 5.41) is 0. The first-order chi connectivity index (χ1) is 8.72. The standard InChI is InChI=1S/C16H16O2/c1-11-3-5-14(12(2)7-11)8-13-4-6-15-16(9-13)18-10-17-15/h3-7,9H,8,10H2,1-2H3. The highest BCUT2D eigenvalue weighted by Gasteiger charge is 2.13. The zero-order chi connectivity index (χ0) is 12.5. The van der Waals surface area contributed by atoms with Crippen molar-refractivity contribution < 1.29 is 9.47 Å². The largest absolute Gasteiger partial charge is 0.454 e. The molecule has 0 bridgehead atoms. The maximum Gasteiger partial charge on any atom is 0.231 e. The second kappa shape index (κ2) is 4.37. The van der Waals surface area contributed by atoms with Gasteiger partial charge >= 0.3 is 0 Å². The van der Waals surface area contributed by atoms with Crippen LogP contribution in [0.1, 0.15) is 22.3 Å². The van der Waals surface area contributed by atoms with Gasteiger partial charge in [0.25, 0.3) is 0 Å². The van der Waals surface area contributed by atoms with Crippen LogP contribution in [-0.4, -0.2) is 6.79 Å². The minimum Gasteiger partial charge on any atom is -0.454 e. The van der Waals surface area contributed by atoms with Crippen molar-refractivity contribution in [2.45, 2.75) is 20.3 Å². The highest BCUT2D eigenvalue weighted by atomic mass is 16.7. The number of fused-ring (bicyclic) bond motifs is 1. The number of ether oxygens (including phenoxy) is 2. The van der Waals surface area contributed by atoms with Crippen molar-refractivity contribution in [3.63, 3.8) is 0 Å². The quantitative estimate of drug-likeness (QED) is 0.798. The summed E-state index contributed by atoms with van der Waals surface area (Å²) in [5.74, 6) is 1.71. The third-order valence-electron chi connectivity index (χ3n) is 3.33. The van der Waals surface area contributed by atoms with Gasteiger partial charge in [-0.05, 0) is 49.1 Å². The lowest BCUT2D eigenvalue weighted by Crippen LogP contribution is -1.93. The fourth-order valence-corrected chi connectivity index (χ4v) is 2.31. The fraction of sp³-hybridized carbons (Fsp3) is 0.250. The third kappa shape index (κ3) is 2.06. The molecular weight excluding hydrogens is 224 g/mol. The molecular formula is C16H16O2. The molecule has 1 aliphatic heterocycles. The number of aryl methyl sites for hydroxylation is 2. The van der Waals surface area contributed by atoms with Crippen LogP contribution in [0.25, 0.3) is 0 Å². The smallest absolute Gasteiger partial charge is 0.231 e. The molecule has 2 nitrogen and oxygen atoms in total.